The van der Waals surface area contributed by atoms with Crippen LogP contribution in [0.1, 0.15) is 21.5 Å². The Hall–Kier alpha value is -3.51. The monoisotopic (exact) mass is 403 g/mol. The Morgan fingerprint density at radius 3 is 2.03 bits per heavy atom. The molecule has 2 amide bonds. The molecule has 0 aliphatic rings. The molecule has 29 heavy (non-hydrogen) atoms. The molecule has 146 valence electrons. The quantitative estimate of drug-likeness (QED) is 0.556. The van der Waals surface area contributed by atoms with E-state index in [9.17, 15) is 9.59 Å². The smallest absolute Gasteiger partial charge is 0.255 e. The van der Waals surface area contributed by atoms with Crippen LogP contribution in [0.2, 0.25) is 0 Å². The molecule has 0 aromatic heterocycles. The molecule has 0 saturated heterocycles. The molecule has 0 fully saturated rings. The number of benzene rings is 3. The maximum absolute atomic E-state index is 12.2. The van der Waals surface area contributed by atoms with Gasteiger partial charge in [0.15, 0.2) is 5.11 Å². The van der Waals surface area contributed by atoms with E-state index in [-0.39, 0.29) is 23.3 Å². The van der Waals surface area contributed by atoms with Crippen molar-refractivity contribution < 1.29 is 9.59 Å². The Kier molecular flexibility index (Phi) is 6.71. The van der Waals surface area contributed by atoms with E-state index in [0.29, 0.717) is 16.9 Å². The molecule has 0 unspecified atom stereocenters. The van der Waals surface area contributed by atoms with Crippen molar-refractivity contribution in [3.63, 3.8) is 0 Å². The first kappa shape index (κ1) is 20.2. The van der Waals surface area contributed by atoms with Crippen LogP contribution >= 0.6 is 12.2 Å². The van der Waals surface area contributed by atoms with E-state index in [0.717, 1.165) is 11.1 Å². The van der Waals surface area contributed by atoms with Crippen molar-refractivity contribution in [1.29, 1.82) is 0 Å². The molecule has 0 radical (unpaired) electrons. The number of hydrogen-bond acceptors (Lipinski definition) is 3. The Morgan fingerprint density at radius 2 is 1.38 bits per heavy atom. The van der Waals surface area contributed by atoms with E-state index < -0.39 is 0 Å². The highest BCUT2D eigenvalue weighted by atomic mass is 32.1. The second-order valence-corrected chi connectivity index (χ2v) is 6.91. The number of nitrogens with one attached hydrogen (secondary N) is 3. The lowest BCUT2D eigenvalue weighted by Crippen LogP contribution is -2.35. The first-order valence-electron chi connectivity index (χ1n) is 9.13. The van der Waals surface area contributed by atoms with Crippen molar-refractivity contribution in [3.05, 3.63) is 95.6 Å². The molecular formula is C23H21N3O2S. The van der Waals surface area contributed by atoms with Gasteiger partial charge < -0.3 is 16.0 Å². The SMILES string of the molecule is Cc1ccccc1CC(=O)NC(=S)Nc1ccc(NC(=O)c2ccccc2)cc1. The van der Waals surface area contributed by atoms with Crippen LogP contribution in [0.3, 0.4) is 0 Å². The summed E-state index contributed by atoms with van der Waals surface area (Å²) in [5.41, 5.74) is 4.00. The van der Waals surface area contributed by atoms with Gasteiger partial charge in [0, 0.05) is 16.9 Å². The van der Waals surface area contributed by atoms with Gasteiger partial charge in [-0.15, -0.1) is 0 Å². The minimum atomic E-state index is -0.177. The summed E-state index contributed by atoms with van der Waals surface area (Å²) < 4.78 is 0. The van der Waals surface area contributed by atoms with Gasteiger partial charge in [-0.3, -0.25) is 9.59 Å². The number of thiocarbonyl (C=S) groups is 1. The summed E-state index contributed by atoms with van der Waals surface area (Å²) in [5, 5.41) is 8.72. The Morgan fingerprint density at radius 1 is 0.793 bits per heavy atom. The minimum absolute atomic E-state index is 0.176. The summed E-state index contributed by atoms with van der Waals surface area (Å²) in [6.45, 7) is 1.97. The van der Waals surface area contributed by atoms with Crippen LogP contribution in [0.5, 0.6) is 0 Å². The van der Waals surface area contributed by atoms with E-state index in [1.54, 1.807) is 36.4 Å². The largest absolute Gasteiger partial charge is 0.332 e. The van der Waals surface area contributed by atoms with Crippen LogP contribution in [0.25, 0.3) is 0 Å². The summed E-state index contributed by atoms with van der Waals surface area (Å²) >= 11 is 5.22. The van der Waals surface area contributed by atoms with Crippen LogP contribution in [0.15, 0.2) is 78.9 Å². The predicted molar refractivity (Wildman–Crippen MR) is 120 cm³/mol. The highest BCUT2D eigenvalue weighted by Gasteiger charge is 2.09. The molecule has 3 rings (SSSR count). The van der Waals surface area contributed by atoms with Gasteiger partial charge in [0.05, 0.1) is 6.42 Å². The van der Waals surface area contributed by atoms with E-state index in [1.165, 1.54) is 0 Å². The molecule has 3 N–H and O–H groups in total. The fraction of sp³-hybridized carbons (Fsp3) is 0.0870. The standard InChI is InChI=1S/C23H21N3O2S/c1-16-7-5-6-10-18(16)15-21(27)26-23(29)25-20-13-11-19(12-14-20)24-22(28)17-8-3-2-4-9-17/h2-14H,15H2,1H3,(H,24,28)(H2,25,26,27,29). The fourth-order valence-corrected chi connectivity index (χ4v) is 2.98. The van der Waals surface area contributed by atoms with Crippen molar-refractivity contribution in [2.24, 2.45) is 0 Å². The van der Waals surface area contributed by atoms with Gasteiger partial charge in [0.1, 0.15) is 0 Å². The summed E-state index contributed by atoms with van der Waals surface area (Å²) in [6, 6.07) is 23.8. The molecule has 5 nitrogen and oxygen atoms in total. The van der Waals surface area contributed by atoms with E-state index >= 15 is 0 Å². The van der Waals surface area contributed by atoms with Crippen LogP contribution in [-0.4, -0.2) is 16.9 Å². The second kappa shape index (κ2) is 9.61. The summed E-state index contributed by atoms with van der Waals surface area (Å²) in [7, 11) is 0. The molecule has 0 spiro atoms. The Bertz CT molecular complexity index is 1020. The average molecular weight is 404 g/mol. The molecule has 3 aromatic rings. The van der Waals surface area contributed by atoms with Crippen LogP contribution in [-0.2, 0) is 11.2 Å². The zero-order valence-electron chi connectivity index (χ0n) is 15.9. The summed E-state index contributed by atoms with van der Waals surface area (Å²) in [4.78, 5) is 24.4. The third kappa shape index (κ3) is 5.99. The number of amides is 2. The van der Waals surface area contributed by atoms with Crippen molar-refractivity contribution in [2.75, 3.05) is 10.6 Å². The average Bonchev–Trinajstić information content (AvgIpc) is 2.71. The first-order chi connectivity index (χ1) is 14.0. The van der Waals surface area contributed by atoms with Crippen molar-refractivity contribution >= 4 is 40.5 Å². The van der Waals surface area contributed by atoms with Crippen molar-refractivity contribution in [1.82, 2.24) is 5.32 Å². The Labute approximate surface area is 175 Å². The first-order valence-corrected chi connectivity index (χ1v) is 9.54. The van der Waals surface area contributed by atoms with Crippen LogP contribution < -0.4 is 16.0 Å². The van der Waals surface area contributed by atoms with Crippen LogP contribution in [0.4, 0.5) is 11.4 Å². The summed E-state index contributed by atoms with van der Waals surface area (Å²) in [6.07, 6.45) is 0.263. The number of hydrogen-bond donors (Lipinski definition) is 3. The van der Waals surface area contributed by atoms with E-state index in [2.05, 4.69) is 16.0 Å². The fourth-order valence-electron chi connectivity index (χ4n) is 2.74. The molecular weight excluding hydrogens is 382 g/mol. The molecule has 0 aliphatic heterocycles. The molecule has 0 aliphatic carbocycles. The van der Waals surface area contributed by atoms with Crippen LogP contribution in [0, 0.1) is 6.92 Å². The van der Waals surface area contributed by atoms with Gasteiger partial charge in [0.2, 0.25) is 5.91 Å². The zero-order chi connectivity index (χ0) is 20.6. The molecule has 0 bridgehead atoms. The molecule has 0 saturated carbocycles. The molecule has 6 heteroatoms. The molecule has 0 atom stereocenters. The van der Waals surface area contributed by atoms with Crippen molar-refractivity contribution in [3.8, 4) is 0 Å². The lowest BCUT2D eigenvalue weighted by molar-refractivity contribution is -0.119. The van der Waals surface area contributed by atoms with Gasteiger partial charge in [-0.2, -0.15) is 0 Å². The normalized spacial score (nSPS) is 10.1. The summed E-state index contributed by atoms with van der Waals surface area (Å²) in [5.74, 6) is -0.353. The third-order valence-corrected chi connectivity index (χ3v) is 4.51. The van der Waals surface area contributed by atoms with Gasteiger partial charge in [-0.05, 0) is 66.7 Å². The topological polar surface area (TPSA) is 70.2 Å². The number of carbonyl (C=O) groups is 2. The van der Waals surface area contributed by atoms with Gasteiger partial charge >= 0.3 is 0 Å². The highest BCUT2D eigenvalue weighted by molar-refractivity contribution is 7.80. The number of anilines is 2. The molecule has 3 aromatic carbocycles. The lowest BCUT2D eigenvalue weighted by Gasteiger charge is -2.11. The maximum atomic E-state index is 12.2. The minimum Gasteiger partial charge on any atom is -0.332 e. The van der Waals surface area contributed by atoms with E-state index in [4.69, 9.17) is 12.2 Å². The van der Waals surface area contributed by atoms with Gasteiger partial charge in [0.25, 0.3) is 5.91 Å². The molecule has 0 heterocycles. The lowest BCUT2D eigenvalue weighted by atomic mass is 10.1. The van der Waals surface area contributed by atoms with Gasteiger partial charge in [-0.25, -0.2) is 0 Å². The number of rotatable bonds is 5. The second-order valence-electron chi connectivity index (χ2n) is 6.50. The van der Waals surface area contributed by atoms with E-state index in [1.807, 2.05) is 49.4 Å². The number of carbonyl (C=O) groups excluding carboxylic acids is 2. The third-order valence-electron chi connectivity index (χ3n) is 4.30. The highest BCUT2D eigenvalue weighted by Crippen LogP contribution is 2.15. The number of aryl methyl sites for hydroxylation is 1. The Balaban J connectivity index is 1.51. The van der Waals surface area contributed by atoms with Gasteiger partial charge in [-0.1, -0.05) is 42.5 Å². The predicted octanol–water partition coefficient (Wildman–Crippen LogP) is 4.30. The van der Waals surface area contributed by atoms with Crippen molar-refractivity contribution in [2.45, 2.75) is 13.3 Å². The maximum Gasteiger partial charge on any atom is 0.255 e. The zero-order valence-corrected chi connectivity index (χ0v) is 16.8.